The van der Waals surface area contributed by atoms with Crippen molar-refractivity contribution in [2.45, 2.75) is 45.2 Å². The molecule has 106 valence electrons. The topological polar surface area (TPSA) is 15.3 Å². The van der Waals surface area contributed by atoms with Crippen molar-refractivity contribution in [2.24, 2.45) is 0 Å². The predicted molar refractivity (Wildman–Crippen MR) is 74.5 cm³/mol. The summed E-state index contributed by atoms with van der Waals surface area (Å²) in [4.78, 5) is 1.99. The number of piperazine rings is 1. The van der Waals surface area contributed by atoms with E-state index in [9.17, 15) is 8.78 Å². The van der Waals surface area contributed by atoms with Gasteiger partial charge >= 0.3 is 0 Å². The number of nitrogens with zero attached hydrogens (tertiary/aromatic N) is 1. The molecule has 2 nitrogen and oxygen atoms in total. The van der Waals surface area contributed by atoms with Gasteiger partial charge in [-0.25, -0.2) is 8.78 Å². The monoisotopic (exact) mass is 268 g/mol. The molecule has 1 fully saturated rings. The van der Waals surface area contributed by atoms with Crippen LogP contribution in [0, 0.1) is 11.6 Å². The van der Waals surface area contributed by atoms with Crippen LogP contribution in [0.3, 0.4) is 0 Å². The summed E-state index contributed by atoms with van der Waals surface area (Å²) in [5.74, 6) is -0.739. The molecule has 1 unspecified atom stereocenters. The Morgan fingerprint density at radius 1 is 1.32 bits per heavy atom. The number of hydrogen-bond donors (Lipinski definition) is 1. The Hall–Kier alpha value is -1.16. The van der Waals surface area contributed by atoms with E-state index < -0.39 is 0 Å². The minimum Gasteiger partial charge on any atom is -0.363 e. The van der Waals surface area contributed by atoms with Gasteiger partial charge in [0.1, 0.15) is 11.6 Å². The summed E-state index contributed by atoms with van der Waals surface area (Å²) in [5, 5.41) is 3.56. The number of rotatable bonds is 3. The molecule has 1 aliphatic heterocycles. The summed E-state index contributed by atoms with van der Waals surface area (Å²) in [6.07, 6.45) is 1.95. The van der Waals surface area contributed by atoms with Crippen molar-refractivity contribution in [3.05, 3.63) is 29.8 Å². The zero-order chi connectivity index (χ0) is 14.0. The number of halogens is 2. The molecular weight excluding hydrogens is 246 g/mol. The number of nitrogens with one attached hydrogen (secondary N) is 1. The standard InChI is InChI=1S/C15H22F2N2/c1-4-15(5-2)10-19(11(3)9-18-15)14-8-12(16)6-7-13(14)17/h6-8,11,18H,4-5,9-10H2,1-3H3. The molecule has 0 aromatic heterocycles. The molecule has 1 N–H and O–H groups in total. The number of benzene rings is 1. The first-order valence-electron chi connectivity index (χ1n) is 6.98. The average Bonchev–Trinajstić information content (AvgIpc) is 2.43. The van der Waals surface area contributed by atoms with Gasteiger partial charge in [-0.2, -0.15) is 0 Å². The van der Waals surface area contributed by atoms with Crippen molar-refractivity contribution in [1.82, 2.24) is 5.32 Å². The molecule has 1 aromatic carbocycles. The van der Waals surface area contributed by atoms with Crippen molar-refractivity contribution >= 4 is 5.69 Å². The Balaban J connectivity index is 2.33. The molecule has 4 heteroatoms. The predicted octanol–water partition coefficient (Wildman–Crippen LogP) is 3.32. The molecule has 1 aliphatic rings. The fourth-order valence-corrected chi connectivity index (χ4v) is 2.76. The summed E-state index contributed by atoms with van der Waals surface area (Å²) in [5.41, 5.74) is 0.367. The zero-order valence-electron chi connectivity index (χ0n) is 11.8. The van der Waals surface area contributed by atoms with Crippen LogP contribution in [0.15, 0.2) is 18.2 Å². The largest absolute Gasteiger partial charge is 0.363 e. The third-order valence-electron chi connectivity index (χ3n) is 4.35. The highest BCUT2D eigenvalue weighted by Crippen LogP contribution is 2.29. The van der Waals surface area contributed by atoms with E-state index in [1.165, 1.54) is 18.2 Å². The zero-order valence-corrected chi connectivity index (χ0v) is 11.8. The van der Waals surface area contributed by atoms with Crippen molar-refractivity contribution in [3.8, 4) is 0 Å². The van der Waals surface area contributed by atoms with Crippen molar-refractivity contribution in [3.63, 3.8) is 0 Å². The van der Waals surface area contributed by atoms with Crippen LogP contribution >= 0.6 is 0 Å². The van der Waals surface area contributed by atoms with Crippen LogP contribution in [0.4, 0.5) is 14.5 Å². The quantitative estimate of drug-likeness (QED) is 0.904. The number of anilines is 1. The van der Waals surface area contributed by atoms with Crippen LogP contribution in [0.2, 0.25) is 0 Å². The van der Waals surface area contributed by atoms with Crippen molar-refractivity contribution < 1.29 is 8.78 Å². The first-order chi connectivity index (χ1) is 9.01. The van der Waals surface area contributed by atoms with Gasteiger partial charge in [0.15, 0.2) is 0 Å². The molecule has 0 saturated carbocycles. The van der Waals surface area contributed by atoms with E-state index in [1.807, 2.05) is 11.8 Å². The Morgan fingerprint density at radius 2 is 2.00 bits per heavy atom. The van der Waals surface area contributed by atoms with Crippen LogP contribution in [0.1, 0.15) is 33.6 Å². The maximum atomic E-state index is 14.0. The fourth-order valence-electron chi connectivity index (χ4n) is 2.76. The van der Waals surface area contributed by atoms with Gasteiger partial charge in [-0.15, -0.1) is 0 Å². The lowest BCUT2D eigenvalue weighted by Gasteiger charge is -2.47. The van der Waals surface area contributed by atoms with E-state index in [-0.39, 0.29) is 23.2 Å². The van der Waals surface area contributed by atoms with Crippen LogP contribution in [-0.2, 0) is 0 Å². The Morgan fingerprint density at radius 3 is 2.63 bits per heavy atom. The van der Waals surface area contributed by atoms with Gasteiger partial charge in [-0.1, -0.05) is 13.8 Å². The summed E-state index contributed by atoms with van der Waals surface area (Å²) < 4.78 is 27.3. The van der Waals surface area contributed by atoms with Gasteiger partial charge in [0, 0.05) is 30.7 Å². The lowest BCUT2D eigenvalue weighted by Crippen LogP contribution is -2.63. The van der Waals surface area contributed by atoms with Crippen LogP contribution in [0.25, 0.3) is 0 Å². The smallest absolute Gasteiger partial charge is 0.146 e. The Kier molecular flexibility index (Phi) is 4.09. The molecule has 19 heavy (non-hydrogen) atoms. The normalized spacial score (nSPS) is 22.6. The minimum absolute atomic E-state index is 0.00866. The average molecular weight is 268 g/mol. The highest BCUT2D eigenvalue weighted by Gasteiger charge is 2.36. The van der Waals surface area contributed by atoms with Gasteiger partial charge < -0.3 is 10.2 Å². The van der Waals surface area contributed by atoms with Gasteiger partial charge in [0.25, 0.3) is 0 Å². The number of hydrogen-bond acceptors (Lipinski definition) is 2. The molecule has 1 atom stereocenters. The molecule has 1 heterocycles. The summed E-state index contributed by atoms with van der Waals surface area (Å²) >= 11 is 0. The minimum atomic E-state index is -0.388. The second kappa shape index (κ2) is 5.45. The molecule has 0 radical (unpaired) electrons. The van der Waals surface area contributed by atoms with E-state index in [1.54, 1.807) is 0 Å². The summed E-state index contributed by atoms with van der Waals surface area (Å²) in [6.45, 7) is 7.80. The van der Waals surface area contributed by atoms with E-state index in [0.29, 0.717) is 12.2 Å². The SMILES string of the molecule is CCC1(CC)CN(c2cc(F)ccc2F)C(C)CN1. The van der Waals surface area contributed by atoms with E-state index in [2.05, 4.69) is 19.2 Å². The Labute approximate surface area is 113 Å². The van der Waals surface area contributed by atoms with Crippen LogP contribution in [-0.4, -0.2) is 24.7 Å². The highest BCUT2D eigenvalue weighted by molar-refractivity contribution is 5.50. The summed E-state index contributed by atoms with van der Waals surface area (Å²) in [6, 6.07) is 3.83. The second-order valence-electron chi connectivity index (χ2n) is 5.44. The van der Waals surface area contributed by atoms with Crippen LogP contribution in [0.5, 0.6) is 0 Å². The maximum absolute atomic E-state index is 14.0. The fraction of sp³-hybridized carbons (Fsp3) is 0.600. The third-order valence-corrected chi connectivity index (χ3v) is 4.35. The highest BCUT2D eigenvalue weighted by atomic mass is 19.1. The van der Waals surface area contributed by atoms with E-state index >= 15 is 0 Å². The molecule has 1 saturated heterocycles. The Bertz CT molecular complexity index is 444. The molecule has 0 aliphatic carbocycles. The molecule has 2 rings (SSSR count). The van der Waals surface area contributed by atoms with Gasteiger partial charge in [0.05, 0.1) is 5.69 Å². The van der Waals surface area contributed by atoms with Crippen molar-refractivity contribution in [2.75, 3.05) is 18.0 Å². The van der Waals surface area contributed by atoms with E-state index in [4.69, 9.17) is 0 Å². The molecule has 0 spiro atoms. The maximum Gasteiger partial charge on any atom is 0.146 e. The summed E-state index contributed by atoms with van der Waals surface area (Å²) in [7, 11) is 0. The molecule has 0 amide bonds. The van der Waals surface area contributed by atoms with Gasteiger partial charge in [-0.05, 0) is 31.9 Å². The lowest BCUT2D eigenvalue weighted by molar-refractivity contribution is 0.252. The van der Waals surface area contributed by atoms with Gasteiger partial charge in [-0.3, -0.25) is 0 Å². The lowest BCUT2D eigenvalue weighted by atomic mass is 9.88. The van der Waals surface area contributed by atoms with Crippen molar-refractivity contribution in [1.29, 1.82) is 0 Å². The van der Waals surface area contributed by atoms with E-state index in [0.717, 1.165) is 19.4 Å². The van der Waals surface area contributed by atoms with Gasteiger partial charge in [0.2, 0.25) is 0 Å². The molecule has 0 bridgehead atoms. The molecular formula is C15H22F2N2. The first-order valence-corrected chi connectivity index (χ1v) is 6.98. The third kappa shape index (κ3) is 2.73. The second-order valence-corrected chi connectivity index (χ2v) is 5.44. The first kappa shape index (κ1) is 14.3. The molecule has 1 aromatic rings. The van der Waals surface area contributed by atoms with Crippen LogP contribution < -0.4 is 10.2 Å².